The number of hydrogen-bond donors (Lipinski definition) is 1. The minimum Gasteiger partial charge on any atom is -0.355 e. The summed E-state index contributed by atoms with van der Waals surface area (Å²) in [4.78, 5) is 2.00. The Labute approximate surface area is 149 Å². The van der Waals surface area contributed by atoms with Crippen molar-refractivity contribution < 1.29 is 21.6 Å². The smallest absolute Gasteiger partial charge is 0.355 e. The van der Waals surface area contributed by atoms with E-state index < -0.39 is 21.9 Å². The molecule has 0 radical (unpaired) electrons. The number of nitrogens with zero attached hydrogens (tertiary/aromatic N) is 3. The Morgan fingerprint density at radius 2 is 1.65 bits per heavy atom. The van der Waals surface area contributed by atoms with E-state index in [-0.39, 0.29) is 10.9 Å². The van der Waals surface area contributed by atoms with Crippen molar-refractivity contribution in [3.8, 4) is 0 Å². The fourth-order valence-corrected chi connectivity index (χ4v) is 4.08. The Morgan fingerprint density at radius 1 is 1.00 bits per heavy atom. The lowest BCUT2D eigenvalue weighted by Gasteiger charge is -2.32. The number of nitrogens with one attached hydrogen (secondary N) is 1. The second-order valence-electron chi connectivity index (χ2n) is 5.97. The lowest BCUT2D eigenvalue weighted by atomic mass is 10.1. The molecule has 0 aliphatic carbocycles. The molecule has 1 fully saturated rings. The topological polar surface area (TPSA) is 75.2 Å². The highest BCUT2D eigenvalue weighted by molar-refractivity contribution is 7.89. The molecule has 1 saturated heterocycles. The Morgan fingerprint density at radius 3 is 2.19 bits per heavy atom. The summed E-state index contributed by atoms with van der Waals surface area (Å²) >= 11 is 0. The molecule has 1 aliphatic heterocycles. The molecule has 10 heteroatoms. The summed E-state index contributed by atoms with van der Waals surface area (Å²) in [6.45, 7) is 0.948. The number of piperidine rings is 1. The molecule has 3 rings (SSSR count). The number of sulfonamides is 1. The van der Waals surface area contributed by atoms with Gasteiger partial charge in [-0.05, 0) is 37.1 Å². The SMILES string of the molecule is O=S(=O)(NC1CCN(c2ccc(C(F)(F)F)nn2)CC1)c1ccccc1. The summed E-state index contributed by atoms with van der Waals surface area (Å²) in [5, 5.41) is 6.85. The van der Waals surface area contributed by atoms with Gasteiger partial charge in [0.2, 0.25) is 10.0 Å². The van der Waals surface area contributed by atoms with Crippen LogP contribution >= 0.6 is 0 Å². The van der Waals surface area contributed by atoms with Crippen molar-refractivity contribution in [3.05, 3.63) is 48.2 Å². The fraction of sp³-hybridized carbons (Fsp3) is 0.375. The maximum atomic E-state index is 12.5. The first kappa shape index (κ1) is 18.6. The van der Waals surface area contributed by atoms with Crippen molar-refractivity contribution in [2.75, 3.05) is 18.0 Å². The molecule has 140 valence electrons. The first-order valence-electron chi connectivity index (χ1n) is 7.99. The Bertz CT molecular complexity index is 834. The highest BCUT2D eigenvalue weighted by atomic mass is 32.2. The van der Waals surface area contributed by atoms with Crippen LogP contribution in [0.4, 0.5) is 19.0 Å². The first-order valence-corrected chi connectivity index (χ1v) is 9.47. The lowest BCUT2D eigenvalue weighted by molar-refractivity contribution is -0.141. The van der Waals surface area contributed by atoms with E-state index in [0.29, 0.717) is 31.7 Å². The molecule has 6 nitrogen and oxygen atoms in total. The Kier molecular flexibility index (Phi) is 5.15. The lowest BCUT2D eigenvalue weighted by Crippen LogP contribution is -2.44. The second-order valence-corrected chi connectivity index (χ2v) is 7.68. The number of halogens is 3. The van der Waals surface area contributed by atoms with E-state index in [1.54, 1.807) is 23.1 Å². The van der Waals surface area contributed by atoms with Crippen LogP contribution in [-0.2, 0) is 16.2 Å². The third-order valence-electron chi connectivity index (χ3n) is 4.14. The predicted octanol–water partition coefficient (Wildman–Crippen LogP) is 2.44. The summed E-state index contributed by atoms with van der Waals surface area (Å²) < 4.78 is 64.9. The minimum absolute atomic E-state index is 0.205. The molecular formula is C16H17F3N4O2S. The minimum atomic E-state index is -4.52. The van der Waals surface area contributed by atoms with Crippen LogP contribution in [0.25, 0.3) is 0 Å². The molecule has 2 aromatic rings. The van der Waals surface area contributed by atoms with Gasteiger partial charge in [0.25, 0.3) is 0 Å². The van der Waals surface area contributed by atoms with E-state index in [1.807, 2.05) is 0 Å². The van der Waals surface area contributed by atoms with Crippen LogP contribution in [0.2, 0.25) is 0 Å². The summed E-state index contributed by atoms with van der Waals surface area (Å²) in [5.74, 6) is 0.349. The van der Waals surface area contributed by atoms with Gasteiger partial charge < -0.3 is 4.90 Å². The third-order valence-corrected chi connectivity index (χ3v) is 5.67. The molecule has 0 spiro atoms. The van der Waals surface area contributed by atoms with Gasteiger partial charge in [0.05, 0.1) is 4.90 Å². The van der Waals surface area contributed by atoms with Crippen molar-refractivity contribution in [1.29, 1.82) is 0 Å². The van der Waals surface area contributed by atoms with E-state index in [9.17, 15) is 21.6 Å². The van der Waals surface area contributed by atoms with Crippen LogP contribution in [0.1, 0.15) is 18.5 Å². The standard InChI is InChI=1S/C16H17F3N4O2S/c17-16(18,19)14-6-7-15(21-20-14)23-10-8-12(9-11-23)22-26(24,25)13-4-2-1-3-5-13/h1-7,12,22H,8-11H2. The molecule has 0 bridgehead atoms. The number of anilines is 1. The van der Waals surface area contributed by atoms with Crippen LogP contribution in [0.15, 0.2) is 47.4 Å². The summed E-state index contributed by atoms with van der Waals surface area (Å²) in [6, 6.07) is 10.0. The normalized spacial score (nSPS) is 16.7. The molecule has 1 N–H and O–H groups in total. The number of rotatable bonds is 4. The van der Waals surface area contributed by atoms with E-state index in [4.69, 9.17) is 0 Å². The van der Waals surface area contributed by atoms with Crippen LogP contribution in [0, 0.1) is 0 Å². The predicted molar refractivity (Wildman–Crippen MR) is 89.0 cm³/mol. The fourth-order valence-electron chi connectivity index (χ4n) is 2.76. The van der Waals surface area contributed by atoms with E-state index in [0.717, 1.165) is 6.07 Å². The van der Waals surface area contributed by atoms with E-state index in [1.165, 1.54) is 18.2 Å². The van der Waals surface area contributed by atoms with Crippen LogP contribution < -0.4 is 9.62 Å². The molecule has 2 heterocycles. The zero-order valence-electron chi connectivity index (χ0n) is 13.6. The van der Waals surface area contributed by atoms with Gasteiger partial charge in [-0.2, -0.15) is 13.2 Å². The van der Waals surface area contributed by atoms with Crippen molar-refractivity contribution in [1.82, 2.24) is 14.9 Å². The summed E-state index contributed by atoms with van der Waals surface area (Å²) in [6.07, 6.45) is -3.47. The van der Waals surface area contributed by atoms with Crippen LogP contribution in [-0.4, -0.2) is 37.7 Å². The molecule has 0 atom stereocenters. The highest BCUT2D eigenvalue weighted by Gasteiger charge is 2.33. The molecule has 0 unspecified atom stereocenters. The van der Waals surface area contributed by atoms with Crippen molar-refractivity contribution in [2.24, 2.45) is 0 Å². The largest absolute Gasteiger partial charge is 0.435 e. The molecule has 26 heavy (non-hydrogen) atoms. The zero-order valence-corrected chi connectivity index (χ0v) is 14.5. The van der Waals surface area contributed by atoms with Crippen LogP contribution in [0.3, 0.4) is 0 Å². The van der Waals surface area contributed by atoms with Crippen molar-refractivity contribution in [3.63, 3.8) is 0 Å². The Hall–Kier alpha value is -2.20. The van der Waals surface area contributed by atoms with Crippen LogP contribution in [0.5, 0.6) is 0 Å². The van der Waals surface area contributed by atoms with E-state index >= 15 is 0 Å². The molecule has 1 aliphatic rings. The number of benzene rings is 1. The van der Waals surface area contributed by atoms with Gasteiger partial charge in [0, 0.05) is 19.1 Å². The number of aromatic nitrogens is 2. The van der Waals surface area contributed by atoms with Gasteiger partial charge in [-0.3, -0.25) is 0 Å². The Balaban J connectivity index is 1.59. The van der Waals surface area contributed by atoms with Gasteiger partial charge in [-0.1, -0.05) is 18.2 Å². The number of alkyl halides is 3. The average Bonchev–Trinajstić information content (AvgIpc) is 2.62. The molecule has 0 amide bonds. The summed E-state index contributed by atoms with van der Waals surface area (Å²) in [5.41, 5.74) is -1.04. The second kappa shape index (κ2) is 7.20. The van der Waals surface area contributed by atoms with Gasteiger partial charge in [0.1, 0.15) is 0 Å². The monoisotopic (exact) mass is 386 g/mol. The van der Waals surface area contributed by atoms with Crippen molar-refractivity contribution in [2.45, 2.75) is 30.0 Å². The molecule has 0 saturated carbocycles. The third kappa shape index (κ3) is 4.31. The summed E-state index contributed by atoms with van der Waals surface area (Å²) in [7, 11) is -3.59. The van der Waals surface area contributed by atoms with E-state index in [2.05, 4.69) is 14.9 Å². The van der Waals surface area contributed by atoms with Crippen molar-refractivity contribution >= 4 is 15.8 Å². The molecular weight excluding hydrogens is 369 g/mol. The first-order chi connectivity index (χ1) is 12.3. The number of hydrogen-bond acceptors (Lipinski definition) is 5. The molecule has 1 aromatic carbocycles. The maximum absolute atomic E-state index is 12.5. The quantitative estimate of drug-likeness (QED) is 0.874. The maximum Gasteiger partial charge on any atom is 0.435 e. The zero-order chi connectivity index (χ0) is 18.8. The highest BCUT2D eigenvalue weighted by Crippen LogP contribution is 2.28. The molecule has 1 aromatic heterocycles. The van der Waals surface area contributed by atoms with Gasteiger partial charge in [-0.25, -0.2) is 13.1 Å². The average molecular weight is 386 g/mol. The van der Waals surface area contributed by atoms with Gasteiger partial charge in [-0.15, -0.1) is 10.2 Å². The van der Waals surface area contributed by atoms with Gasteiger partial charge >= 0.3 is 6.18 Å². The van der Waals surface area contributed by atoms with Gasteiger partial charge in [0.15, 0.2) is 11.5 Å².